The average molecular weight is 478 g/mol. The fraction of sp³-hybridized carbons (Fsp3) is 0.429. The summed E-state index contributed by atoms with van der Waals surface area (Å²) in [4.78, 5) is 50.5. The zero-order valence-electron chi connectivity index (χ0n) is 20.1. The number of rotatable bonds is 9. The molecule has 0 aromatic heterocycles. The van der Waals surface area contributed by atoms with Crippen LogP contribution in [0.2, 0.25) is 0 Å². The van der Waals surface area contributed by atoms with Gasteiger partial charge in [-0.05, 0) is 61.3 Å². The minimum Gasteiger partial charge on any atom is -0.462 e. The third kappa shape index (κ3) is 5.78. The molecular weight excluding hydrogens is 446 g/mol. The number of esters is 2. The van der Waals surface area contributed by atoms with Crippen LogP contribution in [0.1, 0.15) is 53.8 Å². The van der Waals surface area contributed by atoms with Crippen LogP contribution in [0, 0.1) is 29.6 Å². The maximum Gasteiger partial charge on any atom is 0.338 e. The van der Waals surface area contributed by atoms with Gasteiger partial charge < -0.3 is 14.8 Å². The second-order valence-electron chi connectivity index (χ2n) is 9.84. The van der Waals surface area contributed by atoms with E-state index in [0.717, 1.165) is 19.3 Å². The number of anilines is 1. The van der Waals surface area contributed by atoms with E-state index in [1.54, 1.807) is 36.4 Å². The third-order valence-corrected chi connectivity index (χ3v) is 6.85. The zero-order valence-corrected chi connectivity index (χ0v) is 20.1. The summed E-state index contributed by atoms with van der Waals surface area (Å²) in [5.41, 5.74) is 1.47. The van der Waals surface area contributed by atoms with Crippen molar-refractivity contribution in [1.29, 1.82) is 0 Å². The highest BCUT2D eigenvalue weighted by molar-refractivity contribution is 6.01. The minimum atomic E-state index is -0.509. The summed E-state index contributed by atoms with van der Waals surface area (Å²) < 4.78 is 10.6. The fourth-order valence-corrected chi connectivity index (χ4v) is 5.25. The second kappa shape index (κ2) is 10.8. The summed E-state index contributed by atoms with van der Waals surface area (Å²) in [6, 6.07) is 15.4. The van der Waals surface area contributed by atoms with Crippen LogP contribution in [0.25, 0.3) is 0 Å². The smallest absolute Gasteiger partial charge is 0.338 e. The molecule has 2 aromatic rings. The summed E-state index contributed by atoms with van der Waals surface area (Å²) >= 11 is 0. The Morgan fingerprint density at radius 3 is 2.17 bits per heavy atom. The second-order valence-corrected chi connectivity index (χ2v) is 9.84. The Morgan fingerprint density at radius 1 is 0.857 bits per heavy atom. The number of carbonyl (C=O) groups is 4. The number of amides is 1. The lowest BCUT2D eigenvalue weighted by atomic mass is 9.75. The molecule has 1 N–H and O–H groups in total. The van der Waals surface area contributed by atoms with Crippen LogP contribution in [0.3, 0.4) is 0 Å². The molecule has 2 fully saturated rings. The van der Waals surface area contributed by atoms with Crippen molar-refractivity contribution in [2.45, 2.75) is 33.1 Å². The third-order valence-electron chi connectivity index (χ3n) is 6.85. The standard InChI is InChI=1S/C28H31NO6/c1-17(2)15-34-27(32)19-10-12-22(13-11-19)29-23(30)16-35-28(33)25-21-9-8-20(14-21)24(25)26(31)18-6-4-3-5-7-18/h3-7,10-13,17,20-21,24-25H,8-9,14-16H2,1-2H3,(H,29,30)/t20-,21-,24-,25+/m0/s1. The molecule has 2 aromatic carbocycles. The van der Waals surface area contributed by atoms with E-state index in [1.807, 2.05) is 32.0 Å². The molecule has 2 saturated carbocycles. The quantitative estimate of drug-likeness (QED) is 0.421. The van der Waals surface area contributed by atoms with E-state index in [4.69, 9.17) is 9.47 Å². The number of hydrogen-bond donors (Lipinski definition) is 1. The maximum absolute atomic E-state index is 13.2. The molecule has 4 rings (SSSR count). The summed E-state index contributed by atoms with van der Waals surface area (Å²) in [6.45, 7) is 3.81. The molecular formula is C28H31NO6. The lowest BCUT2D eigenvalue weighted by molar-refractivity contribution is -0.154. The van der Waals surface area contributed by atoms with Gasteiger partial charge in [0.25, 0.3) is 5.91 Å². The van der Waals surface area contributed by atoms with Crippen LogP contribution in [0.4, 0.5) is 5.69 Å². The molecule has 4 atom stereocenters. The van der Waals surface area contributed by atoms with Gasteiger partial charge in [0.1, 0.15) is 0 Å². The van der Waals surface area contributed by atoms with Gasteiger partial charge in [0.15, 0.2) is 12.4 Å². The van der Waals surface area contributed by atoms with Crippen molar-refractivity contribution >= 4 is 29.3 Å². The Morgan fingerprint density at radius 2 is 1.51 bits per heavy atom. The van der Waals surface area contributed by atoms with E-state index in [-0.39, 0.29) is 23.5 Å². The highest BCUT2D eigenvalue weighted by Crippen LogP contribution is 2.53. The number of benzene rings is 2. The maximum atomic E-state index is 13.2. The van der Waals surface area contributed by atoms with E-state index in [2.05, 4.69) is 5.32 Å². The van der Waals surface area contributed by atoms with Crippen LogP contribution in [-0.4, -0.2) is 36.8 Å². The lowest BCUT2D eigenvalue weighted by Gasteiger charge is -2.28. The molecule has 0 heterocycles. The van der Waals surface area contributed by atoms with E-state index in [1.165, 1.54) is 0 Å². The van der Waals surface area contributed by atoms with Crippen molar-refractivity contribution < 1.29 is 28.7 Å². The number of hydrogen-bond acceptors (Lipinski definition) is 6. The van der Waals surface area contributed by atoms with Gasteiger partial charge in [-0.1, -0.05) is 44.2 Å². The Kier molecular flexibility index (Phi) is 7.63. The summed E-state index contributed by atoms with van der Waals surface area (Å²) in [6.07, 6.45) is 2.70. The number of Topliss-reactive ketones (excluding diaryl/α,β-unsaturated/α-hetero) is 1. The largest absolute Gasteiger partial charge is 0.462 e. The molecule has 1 amide bonds. The summed E-state index contributed by atoms with van der Waals surface area (Å²) in [5, 5.41) is 2.66. The van der Waals surface area contributed by atoms with Crippen LogP contribution >= 0.6 is 0 Å². The Balaban J connectivity index is 1.31. The van der Waals surface area contributed by atoms with Gasteiger partial charge in [-0.3, -0.25) is 14.4 Å². The molecule has 184 valence electrons. The van der Waals surface area contributed by atoms with Crippen molar-refractivity contribution in [1.82, 2.24) is 0 Å². The topological polar surface area (TPSA) is 98.8 Å². The van der Waals surface area contributed by atoms with E-state index >= 15 is 0 Å². The van der Waals surface area contributed by atoms with Gasteiger partial charge in [0.05, 0.1) is 18.1 Å². The molecule has 0 spiro atoms. The first-order chi connectivity index (χ1) is 16.8. The van der Waals surface area contributed by atoms with Crippen molar-refractivity contribution in [2.75, 3.05) is 18.5 Å². The van der Waals surface area contributed by atoms with Crippen LogP contribution < -0.4 is 5.32 Å². The molecule has 0 unspecified atom stereocenters. The predicted octanol–water partition coefficient (Wildman–Crippen LogP) is 4.53. The van der Waals surface area contributed by atoms with E-state index < -0.39 is 36.3 Å². The summed E-state index contributed by atoms with van der Waals surface area (Å²) in [7, 11) is 0. The highest BCUT2D eigenvalue weighted by atomic mass is 16.5. The molecule has 0 saturated heterocycles. The Hall–Kier alpha value is -3.48. The molecule has 2 bridgehead atoms. The van der Waals surface area contributed by atoms with Gasteiger partial charge in [0, 0.05) is 17.2 Å². The number of nitrogens with one attached hydrogen (secondary N) is 1. The van der Waals surface area contributed by atoms with Gasteiger partial charge in [0.2, 0.25) is 0 Å². The van der Waals surface area contributed by atoms with Crippen LogP contribution in [0.5, 0.6) is 0 Å². The minimum absolute atomic E-state index is 0.0174. The zero-order chi connectivity index (χ0) is 24.9. The average Bonchev–Trinajstić information content (AvgIpc) is 3.48. The number of fused-ring (bicyclic) bond motifs is 2. The Bertz CT molecular complexity index is 1080. The van der Waals surface area contributed by atoms with Crippen molar-refractivity contribution in [3.8, 4) is 0 Å². The number of carbonyl (C=O) groups excluding carboxylic acids is 4. The molecule has 2 aliphatic rings. The molecule has 7 nitrogen and oxygen atoms in total. The molecule has 2 aliphatic carbocycles. The number of ether oxygens (including phenoxy) is 2. The van der Waals surface area contributed by atoms with Gasteiger partial charge in [-0.2, -0.15) is 0 Å². The van der Waals surface area contributed by atoms with Crippen molar-refractivity contribution in [3.63, 3.8) is 0 Å². The first-order valence-corrected chi connectivity index (χ1v) is 12.2. The normalized spacial score (nSPS) is 22.6. The molecule has 0 radical (unpaired) electrons. The fourth-order valence-electron chi connectivity index (χ4n) is 5.25. The van der Waals surface area contributed by atoms with Crippen LogP contribution in [-0.2, 0) is 19.1 Å². The lowest BCUT2D eigenvalue weighted by Crippen LogP contribution is -2.37. The SMILES string of the molecule is CC(C)COC(=O)c1ccc(NC(=O)COC(=O)[C@@H]2[C@H]3CC[C@@H](C3)[C@@H]2C(=O)c2ccccc2)cc1. The van der Waals surface area contributed by atoms with Crippen molar-refractivity contribution in [3.05, 3.63) is 65.7 Å². The Labute approximate surface area is 205 Å². The number of ketones is 1. The molecule has 0 aliphatic heterocycles. The van der Waals surface area contributed by atoms with Gasteiger partial charge >= 0.3 is 11.9 Å². The van der Waals surface area contributed by atoms with Crippen LogP contribution in [0.15, 0.2) is 54.6 Å². The highest BCUT2D eigenvalue weighted by Gasteiger charge is 2.54. The first-order valence-electron chi connectivity index (χ1n) is 12.2. The molecule has 7 heteroatoms. The van der Waals surface area contributed by atoms with E-state index in [9.17, 15) is 19.2 Å². The van der Waals surface area contributed by atoms with E-state index in [0.29, 0.717) is 23.4 Å². The van der Waals surface area contributed by atoms with Gasteiger partial charge in [-0.15, -0.1) is 0 Å². The summed E-state index contributed by atoms with van der Waals surface area (Å²) in [5.74, 6) is -1.76. The molecule has 35 heavy (non-hydrogen) atoms. The monoisotopic (exact) mass is 477 g/mol. The first kappa shape index (κ1) is 24.6. The van der Waals surface area contributed by atoms with Gasteiger partial charge in [-0.25, -0.2) is 4.79 Å². The predicted molar refractivity (Wildman–Crippen MR) is 130 cm³/mol. The van der Waals surface area contributed by atoms with Crippen molar-refractivity contribution in [2.24, 2.45) is 29.6 Å².